The highest BCUT2D eigenvalue weighted by molar-refractivity contribution is 7.91. The molecule has 0 unspecified atom stereocenters. The van der Waals surface area contributed by atoms with Crippen LogP contribution in [-0.2, 0) is 21.2 Å². The van der Waals surface area contributed by atoms with Crippen LogP contribution in [0.4, 0.5) is 4.79 Å². The molecule has 2 N–H and O–H groups in total. The first-order valence-corrected chi connectivity index (χ1v) is 13.2. The molecular weight excluding hydrogens is 492 g/mol. The predicted molar refractivity (Wildman–Crippen MR) is 130 cm³/mol. The topological polar surface area (TPSA) is 122 Å². The number of piperazine rings is 1. The van der Waals surface area contributed by atoms with Crippen LogP contribution >= 0.6 is 11.6 Å². The number of hydrazine groups is 1. The smallest absolute Gasteiger partial charge is 0.339 e. The van der Waals surface area contributed by atoms with Crippen LogP contribution < -0.4 is 5.73 Å². The summed E-state index contributed by atoms with van der Waals surface area (Å²) < 4.78 is 27.5. The highest BCUT2D eigenvalue weighted by Crippen LogP contribution is 2.24. The maximum atomic E-state index is 13.0. The SMILES string of the molecule is Cc1ncc2n1C(=O)N(N1CCN(C(=O)[C@H](N)CS(=O)(=O)c3ccc4cc(Cl)ccc4c3)CC1)C2. The number of halogens is 1. The average molecular weight is 517 g/mol. The van der Waals surface area contributed by atoms with Crippen molar-refractivity contribution in [2.45, 2.75) is 24.4 Å². The van der Waals surface area contributed by atoms with Gasteiger partial charge in [0.2, 0.25) is 5.91 Å². The van der Waals surface area contributed by atoms with Gasteiger partial charge in [-0.1, -0.05) is 23.7 Å². The first-order valence-electron chi connectivity index (χ1n) is 11.2. The van der Waals surface area contributed by atoms with E-state index in [0.29, 0.717) is 43.6 Å². The molecule has 1 saturated heterocycles. The van der Waals surface area contributed by atoms with E-state index in [0.717, 1.165) is 16.5 Å². The number of sulfone groups is 1. The fourth-order valence-corrected chi connectivity index (χ4v) is 6.18. The normalized spacial score (nSPS) is 17.7. The van der Waals surface area contributed by atoms with Gasteiger partial charge >= 0.3 is 6.03 Å². The van der Waals surface area contributed by atoms with E-state index in [1.54, 1.807) is 57.9 Å². The second-order valence-corrected chi connectivity index (χ2v) is 11.3. The molecule has 2 amide bonds. The molecule has 10 nitrogen and oxygen atoms in total. The summed E-state index contributed by atoms with van der Waals surface area (Å²) in [6.07, 6.45) is 1.69. The van der Waals surface area contributed by atoms with Gasteiger partial charge < -0.3 is 10.6 Å². The van der Waals surface area contributed by atoms with Gasteiger partial charge in [0.15, 0.2) is 9.84 Å². The van der Waals surface area contributed by atoms with Gasteiger partial charge in [-0.3, -0.25) is 9.80 Å². The largest absolute Gasteiger partial charge is 0.344 e. The maximum Gasteiger partial charge on any atom is 0.344 e. The number of hydrogen-bond acceptors (Lipinski definition) is 7. The molecule has 1 fully saturated rings. The molecule has 35 heavy (non-hydrogen) atoms. The zero-order valence-electron chi connectivity index (χ0n) is 19.1. The fourth-order valence-electron chi connectivity index (χ4n) is 4.61. The number of amides is 2. The Labute approximate surface area is 207 Å². The van der Waals surface area contributed by atoms with Gasteiger partial charge in [0.05, 0.1) is 35.1 Å². The fraction of sp³-hybridized carbons (Fsp3) is 0.348. The minimum atomic E-state index is -3.78. The van der Waals surface area contributed by atoms with Gasteiger partial charge in [0, 0.05) is 31.2 Å². The third-order valence-electron chi connectivity index (χ3n) is 6.49. The van der Waals surface area contributed by atoms with Crippen LogP contribution in [0.3, 0.4) is 0 Å². The molecule has 2 aliphatic rings. The van der Waals surface area contributed by atoms with Crippen molar-refractivity contribution in [2.75, 3.05) is 31.9 Å². The van der Waals surface area contributed by atoms with Crippen molar-refractivity contribution in [3.63, 3.8) is 0 Å². The number of rotatable bonds is 5. The molecule has 3 heterocycles. The molecule has 1 atom stereocenters. The van der Waals surface area contributed by atoms with Crippen molar-refractivity contribution < 1.29 is 18.0 Å². The molecule has 0 radical (unpaired) electrons. The Morgan fingerprint density at radius 2 is 1.80 bits per heavy atom. The number of benzene rings is 2. The number of carbonyl (C=O) groups is 2. The molecule has 3 aromatic rings. The van der Waals surface area contributed by atoms with Crippen LogP contribution in [0.2, 0.25) is 5.02 Å². The highest BCUT2D eigenvalue weighted by Gasteiger charge is 2.36. The van der Waals surface area contributed by atoms with Crippen molar-refractivity contribution in [3.05, 3.63) is 59.1 Å². The van der Waals surface area contributed by atoms with E-state index >= 15 is 0 Å². The Hall–Kier alpha value is -2.99. The Morgan fingerprint density at radius 1 is 1.11 bits per heavy atom. The molecule has 12 heteroatoms. The Balaban J connectivity index is 1.20. The summed E-state index contributed by atoms with van der Waals surface area (Å²) in [4.78, 5) is 31.5. The van der Waals surface area contributed by atoms with Gasteiger partial charge in [0.1, 0.15) is 5.82 Å². The molecule has 0 saturated carbocycles. The van der Waals surface area contributed by atoms with Crippen LogP contribution in [0.5, 0.6) is 0 Å². The predicted octanol–water partition coefficient (Wildman–Crippen LogP) is 1.64. The van der Waals surface area contributed by atoms with E-state index < -0.39 is 27.5 Å². The lowest BCUT2D eigenvalue weighted by molar-refractivity contribution is -0.136. The second kappa shape index (κ2) is 8.90. The summed E-state index contributed by atoms with van der Waals surface area (Å²) in [6, 6.07) is 8.62. The number of carbonyl (C=O) groups excluding carboxylic acids is 2. The van der Waals surface area contributed by atoms with Gasteiger partial charge in [-0.15, -0.1) is 0 Å². The summed E-state index contributed by atoms with van der Waals surface area (Å²) in [5, 5.41) is 5.69. The first-order chi connectivity index (χ1) is 16.6. The van der Waals surface area contributed by atoms with Crippen LogP contribution in [0.15, 0.2) is 47.5 Å². The highest BCUT2D eigenvalue weighted by atomic mass is 35.5. The molecule has 2 aromatic carbocycles. The molecule has 0 spiro atoms. The number of imidazole rings is 1. The van der Waals surface area contributed by atoms with E-state index in [9.17, 15) is 18.0 Å². The lowest BCUT2D eigenvalue weighted by atomic mass is 10.1. The lowest BCUT2D eigenvalue weighted by Gasteiger charge is -2.39. The number of nitrogens with two attached hydrogens (primary N) is 1. The monoisotopic (exact) mass is 516 g/mol. The van der Waals surface area contributed by atoms with Gasteiger partial charge in [-0.25, -0.2) is 27.8 Å². The molecule has 2 aliphatic heterocycles. The van der Waals surface area contributed by atoms with E-state index in [-0.39, 0.29) is 10.9 Å². The van der Waals surface area contributed by atoms with Crippen molar-refractivity contribution >= 4 is 44.1 Å². The standard InChI is InChI=1S/C23H25ClN6O4S/c1-15-26-12-19-13-29(23(32)30(15)19)28-8-6-27(7-9-28)22(31)21(25)14-35(33,34)20-5-3-16-10-18(24)4-2-17(16)11-20/h2-5,10-12,21H,6-9,13-14,25H2,1H3/t21-/m1/s1. The molecular formula is C23H25ClN6O4S. The zero-order chi connectivity index (χ0) is 24.9. The van der Waals surface area contributed by atoms with E-state index in [1.807, 2.05) is 5.01 Å². The summed E-state index contributed by atoms with van der Waals surface area (Å²) in [5.41, 5.74) is 6.90. The molecule has 1 aromatic heterocycles. The Kier molecular flexibility index (Phi) is 6.04. The van der Waals surface area contributed by atoms with Crippen molar-refractivity contribution in [3.8, 4) is 0 Å². The van der Waals surface area contributed by atoms with Crippen LogP contribution in [0.1, 0.15) is 11.5 Å². The van der Waals surface area contributed by atoms with Crippen molar-refractivity contribution in [2.24, 2.45) is 5.73 Å². The van der Waals surface area contributed by atoms with Gasteiger partial charge in [-0.2, -0.15) is 0 Å². The Morgan fingerprint density at radius 3 is 2.51 bits per heavy atom. The van der Waals surface area contributed by atoms with E-state index in [1.165, 1.54) is 6.07 Å². The number of fused-ring (bicyclic) bond motifs is 2. The maximum absolute atomic E-state index is 13.0. The summed E-state index contributed by atoms with van der Waals surface area (Å²) in [5.74, 6) is -0.263. The summed E-state index contributed by atoms with van der Waals surface area (Å²) >= 11 is 6.00. The quantitative estimate of drug-likeness (QED) is 0.547. The number of nitrogens with zero attached hydrogens (tertiary/aromatic N) is 5. The molecule has 0 aliphatic carbocycles. The van der Waals surface area contributed by atoms with Crippen LogP contribution in [-0.4, -0.2) is 82.8 Å². The van der Waals surface area contributed by atoms with Gasteiger partial charge in [0.25, 0.3) is 0 Å². The molecule has 184 valence electrons. The molecule has 0 bridgehead atoms. The van der Waals surface area contributed by atoms with Gasteiger partial charge in [-0.05, 0) is 42.0 Å². The second-order valence-electron chi connectivity index (χ2n) is 8.79. The number of aryl methyl sites for hydroxylation is 1. The average Bonchev–Trinajstić information content (AvgIpc) is 3.37. The number of hydrogen-bond donors (Lipinski definition) is 1. The minimum absolute atomic E-state index is 0.113. The van der Waals surface area contributed by atoms with Crippen molar-refractivity contribution in [1.82, 2.24) is 24.5 Å². The lowest BCUT2D eigenvalue weighted by Crippen LogP contribution is -2.58. The summed E-state index contributed by atoms with van der Waals surface area (Å²) in [6.45, 7) is 3.80. The minimum Gasteiger partial charge on any atom is -0.339 e. The first kappa shape index (κ1) is 23.7. The molecule has 5 rings (SSSR count). The van der Waals surface area contributed by atoms with E-state index in [2.05, 4.69) is 4.98 Å². The zero-order valence-corrected chi connectivity index (χ0v) is 20.7. The van der Waals surface area contributed by atoms with Crippen LogP contribution in [0, 0.1) is 6.92 Å². The third-order valence-corrected chi connectivity index (χ3v) is 8.50. The van der Waals surface area contributed by atoms with E-state index in [4.69, 9.17) is 17.3 Å². The van der Waals surface area contributed by atoms with Crippen molar-refractivity contribution in [1.29, 1.82) is 0 Å². The third kappa shape index (κ3) is 4.40. The Bertz CT molecular complexity index is 1430. The van der Waals surface area contributed by atoms with Crippen LogP contribution in [0.25, 0.3) is 10.8 Å². The number of aromatic nitrogens is 2. The summed E-state index contributed by atoms with van der Waals surface area (Å²) in [7, 11) is -3.78.